The topological polar surface area (TPSA) is 98.9 Å². The predicted octanol–water partition coefficient (Wildman–Crippen LogP) is 1.80. The number of aromatic nitrogens is 3. The smallest absolute Gasteiger partial charge is 0.325 e. The molecule has 1 aromatic carbocycles. The molecule has 0 saturated carbocycles. The van der Waals surface area contributed by atoms with Crippen LogP contribution in [0.2, 0.25) is 5.02 Å². The molecule has 3 heterocycles. The number of fused-ring (bicyclic) bond motifs is 1. The molecule has 0 atom stereocenters. The number of hydrogen-bond acceptors (Lipinski definition) is 5. The molecular formula is C16H15ClN4O3S. The Balaban J connectivity index is 1.61. The highest BCUT2D eigenvalue weighted by Crippen LogP contribution is 2.31. The summed E-state index contributed by atoms with van der Waals surface area (Å²) in [6, 6.07) is 9.25. The summed E-state index contributed by atoms with van der Waals surface area (Å²) < 4.78 is 23.0. The normalized spacial score (nSPS) is 15.5. The number of nitrogens with zero attached hydrogens (tertiary/aromatic N) is 2. The van der Waals surface area contributed by atoms with E-state index in [-0.39, 0.29) is 10.9 Å². The monoisotopic (exact) mass is 378 g/mol. The van der Waals surface area contributed by atoms with E-state index in [1.807, 2.05) is 29.2 Å². The van der Waals surface area contributed by atoms with Gasteiger partial charge in [0.15, 0.2) is 15.5 Å². The van der Waals surface area contributed by atoms with Gasteiger partial charge in [-0.15, -0.1) is 0 Å². The fourth-order valence-electron chi connectivity index (χ4n) is 2.89. The molecule has 3 aromatic rings. The van der Waals surface area contributed by atoms with E-state index in [9.17, 15) is 13.2 Å². The van der Waals surface area contributed by atoms with Crippen molar-refractivity contribution >= 4 is 38.3 Å². The number of imidazole rings is 1. The molecule has 0 aliphatic carbocycles. The molecule has 0 spiro atoms. The molecule has 7 nitrogen and oxygen atoms in total. The summed E-state index contributed by atoms with van der Waals surface area (Å²) in [5.41, 5.74) is 3.03. The van der Waals surface area contributed by atoms with Crippen LogP contribution in [0, 0.1) is 0 Å². The van der Waals surface area contributed by atoms with E-state index >= 15 is 0 Å². The molecule has 1 aliphatic heterocycles. The summed E-state index contributed by atoms with van der Waals surface area (Å²) in [6.07, 6.45) is 1.27. The lowest BCUT2D eigenvalue weighted by Gasteiger charge is -2.39. The summed E-state index contributed by atoms with van der Waals surface area (Å²) >= 11 is 6.28. The van der Waals surface area contributed by atoms with Gasteiger partial charge in [-0.1, -0.05) is 23.7 Å². The predicted molar refractivity (Wildman–Crippen MR) is 98.0 cm³/mol. The van der Waals surface area contributed by atoms with Crippen molar-refractivity contribution in [1.29, 1.82) is 0 Å². The first-order valence-corrected chi connectivity index (χ1v) is 9.97. The molecule has 2 N–H and O–H groups in total. The molecular weight excluding hydrogens is 364 g/mol. The number of rotatable bonds is 3. The SMILES string of the molecule is CS(=O)(=O)C1CN(c2ccc(-c3nc4[nH]c(=O)[nH]c4cc3Cl)cc2)C1. The Morgan fingerprint density at radius 2 is 1.88 bits per heavy atom. The van der Waals surface area contributed by atoms with Crippen molar-refractivity contribution in [2.24, 2.45) is 0 Å². The van der Waals surface area contributed by atoms with Crippen molar-refractivity contribution in [2.75, 3.05) is 24.2 Å². The second-order valence-electron chi connectivity index (χ2n) is 6.20. The summed E-state index contributed by atoms with van der Waals surface area (Å²) in [4.78, 5) is 23.0. The summed E-state index contributed by atoms with van der Waals surface area (Å²) in [6.45, 7) is 1.02. The summed E-state index contributed by atoms with van der Waals surface area (Å²) in [7, 11) is -2.98. The molecule has 130 valence electrons. The molecule has 1 saturated heterocycles. The maximum atomic E-state index is 11.5. The van der Waals surface area contributed by atoms with Gasteiger partial charge in [0, 0.05) is 30.6 Å². The number of benzene rings is 1. The third kappa shape index (κ3) is 2.91. The van der Waals surface area contributed by atoms with Crippen molar-refractivity contribution in [3.63, 3.8) is 0 Å². The highest BCUT2D eigenvalue weighted by Gasteiger charge is 2.34. The van der Waals surface area contributed by atoms with Gasteiger partial charge in [-0.3, -0.25) is 4.98 Å². The van der Waals surface area contributed by atoms with Crippen molar-refractivity contribution in [2.45, 2.75) is 5.25 Å². The zero-order valence-electron chi connectivity index (χ0n) is 13.3. The zero-order chi connectivity index (χ0) is 17.8. The molecule has 4 rings (SSSR count). The molecule has 0 bridgehead atoms. The van der Waals surface area contributed by atoms with Crippen LogP contribution in [-0.4, -0.2) is 48.0 Å². The van der Waals surface area contributed by atoms with Crippen molar-refractivity contribution < 1.29 is 8.42 Å². The largest absolute Gasteiger partial charge is 0.369 e. The molecule has 2 aromatic heterocycles. The van der Waals surface area contributed by atoms with Crippen LogP contribution in [0.3, 0.4) is 0 Å². The molecule has 1 fully saturated rings. The summed E-state index contributed by atoms with van der Waals surface area (Å²) in [5, 5.41) is 0.146. The van der Waals surface area contributed by atoms with E-state index in [1.165, 1.54) is 6.26 Å². The Morgan fingerprint density at radius 1 is 1.20 bits per heavy atom. The number of nitrogens with one attached hydrogen (secondary N) is 2. The van der Waals surface area contributed by atoms with Crippen LogP contribution in [-0.2, 0) is 9.84 Å². The third-order valence-corrected chi connectivity index (χ3v) is 6.21. The number of H-pyrrole nitrogens is 2. The van der Waals surface area contributed by atoms with Gasteiger partial charge in [0.25, 0.3) is 0 Å². The van der Waals surface area contributed by atoms with Crippen LogP contribution < -0.4 is 10.6 Å². The lowest BCUT2D eigenvalue weighted by Crippen LogP contribution is -2.54. The van der Waals surface area contributed by atoms with Crippen LogP contribution in [0.4, 0.5) is 5.69 Å². The lowest BCUT2D eigenvalue weighted by atomic mass is 10.1. The lowest BCUT2D eigenvalue weighted by molar-refractivity contribution is 0.547. The van der Waals surface area contributed by atoms with Crippen molar-refractivity contribution in [3.05, 3.63) is 45.8 Å². The van der Waals surface area contributed by atoms with E-state index in [4.69, 9.17) is 11.6 Å². The maximum Gasteiger partial charge on any atom is 0.325 e. The number of anilines is 1. The summed E-state index contributed by atoms with van der Waals surface area (Å²) in [5.74, 6) is 0. The van der Waals surface area contributed by atoms with Gasteiger partial charge in [-0.05, 0) is 18.2 Å². The van der Waals surface area contributed by atoms with E-state index in [1.54, 1.807) is 6.07 Å². The Kier molecular flexibility index (Phi) is 3.62. The first-order chi connectivity index (χ1) is 11.8. The minimum atomic E-state index is -2.98. The Morgan fingerprint density at radius 3 is 2.52 bits per heavy atom. The van der Waals surface area contributed by atoms with Gasteiger partial charge in [-0.2, -0.15) is 0 Å². The molecule has 1 aliphatic rings. The highest BCUT2D eigenvalue weighted by atomic mass is 35.5. The number of halogens is 1. The zero-order valence-corrected chi connectivity index (χ0v) is 14.9. The van der Waals surface area contributed by atoms with E-state index in [0.29, 0.717) is 35.0 Å². The van der Waals surface area contributed by atoms with Gasteiger partial charge < -0.3 is 9.88 Å². The van der Waals surface area contributed by atoms with E-state index in [0.717, 1.165) is 11.3 Å². The van der Waals surface area contributed by atoms with Gasteiger partial charge in [0.1, 0.15) is 0 Å². The minimum absolute atomic E-state index is 0.295. The Labute approximate surface area is 148 Å². The van der Waals surface area contributed by atoms with E-state index < -0.39 is 9.84 Å². The standard InChI is InChI=1S/C16H15ClN4O3S/c1-25(23,24)11-7-21(8-11)10-4-2-9(3-5-10)14-12(17)6-13-15(19-14)20-16(22)18-13/h2-6,11H,7-8H2,1H3,(H2,18,19,20,22). The molecule has 9 heteroatoms. The van der Waals surface area contributed by atoms with Gasteiger partial charge >= 0.3 is 5.69 Å². The van der Waals surface area contributed by atoms with Gasteiger partial charge in [0.05, 0.1) is 21.5 Å². The quantitative estimate of drug-likeness (QED) is 0.724. The third-order valence-electron chi connectivity index (χ3n) is 4.42. The Hall–Kier alpha value is -2.32. The first-order valence-electron chi connectivity index (χ1n) is 7.64. The Bertz CT molecular complexity index is 1110. The average Bonchev–Trinajstić information content (AvgIpc) is 2.83. The number of sulfone groups is 1. The van der Waals surface area contributed by atoms with E-state index in [2.05, 4.69) is 15.0 Å². The number of aromatic amines is 2. The second-order valence-corrected chi connectivity index (χ2v) is 8.93. The number of pyridine rings is 1. The maximum absolute atomic E-state index is 11.5. The molecule has 0 radical (unpaired) electrons. The molecule has 25 heavy (non-hydrogen) atoms. The van der Waals surface area contributed by atoms with Gasteiger partial charge in [-0.25, -0.2) is 18.2 Å². The molecule has 0 unspecified atom stereocenters. The van der Waals surface area contributed by atoms with Crippen LogP contribution in [0.25, 0.3) is 22.4 Å². The average molecular weight is 379 g/mol. The van der Waals surface area contributed by atoms with Crippen LogP contribution >= 0.6 is 11.6 Å². The van der Waals surface area contributed by atoms with Crippen LogP contribution in [0.5, 0.6) is 0 Å². The second kappa shape index (κ2) is 5.60. The fraction of sp³-hybridized carbons (Fsp3) is 0.250. The first kappa shape index (κ1) is 16.2. The van der Waals surface area contributed by atoms with Gasteiger partial charge in [0.2, 0.25) is 0 Å². The number of hydrogen-bond donors (Lipinski definition) is 2. The van der Waals surface area contributed by atoms with Crippen LogP contribution in [0.15, 0.2) is 35.1 Å². The van der Waals surface area contributed by atoms with Crippen LogP contribution in [0.1, 0.15) is 0 Å². The van der Waals surface area contributed by atoms with Crippen molar-refractivity contribution in [3.8, 4) is 11.3 Å². The highest BCUT2D eigenvalue weighted by molar-refractivity contribution is 7.91. The minimum Gasteiger partial charge on any atom is -0.369 e. The molecule has 0 amide bonds. The van der Waals surface area contributed by atoms with Crippen molar-refractivity contribution in [1.82, 2.24) is 15.0 Å². The fourth-order valence-corrected chi connectivity index (χ4v) is 4.05.